The Morgan fingerprint density at radius 2 is 1.91 bits per heavy atom. The second kappa shape index (κ2) is 8.86. The number of anilines is 1. The van der Waals surface area contributed by atoms with Crippen LogP contribution in [-0.4, -0.2) is 53.4 Å². The maximum atomic E-state index is 13.7. The lowest BCUT2D eigenvalue weighted by molar-refractivity contribution is -0.0274. The van der Waals surface area contributed by atoms with Crippen LogP contribution in [0.15, 0.2) is 66.2 Å². The number of pyridine rings is 2. The summed E-state index contributed by atoms with van der Waals surface area (Å²) in [5.74, 6) is -1.83. The summed E-state index contributed by atoms with van der Waals surface area (Å²) in [4.78, 5) is 18.7. The minimum Gasteiger partial charge on any atom is -0.396 e. The van der Waals surface area contributed by atoms with Gasteiger partial charge in [-0.2, -0.15) is 0 Å². The first-order valence-corrected chi connectivity index (χ1v) is 11.0. The molecule has 33 heavy (non-hydrogen) atoms. The van der Waals surface area contributed by atoms with E-state index in [2.05, 4.69) is 31.0 Å². The molecule has 6 nitrogen and oxygen atoms in total. The number of rotatable bonds is 7. The van der Waals surface area contributed by atoms with Gasteiger partial charge in [0.15, 0.2) is 11.6 Å². The van der Waals surface area contributed by atoms with E-state index in [1.165, 1.54) is 11.8 Å². The van der Waals surface area contributed by atoms with E-state index in [1.807, 2.05) is 30.6 Å². The topological polar surface area (TPSA) is 53.9 Å². The van der Waals surface area contributed by atoms with E-state index in [4.69, 9.17) is 4.84 Å². The van der Waals surface area contributed by atoms with Gasteiger partial charge in [-0.3, -0.25) is 14.9 Å². The molecule has 0 bridgehead atoms. The largest absolute Gasteiger partial charge is 0.396 e. The Balaban J connectivity index is 1.20. The molecule has 4 heterocycles. The number of aromatic nitrogens is 2. The first-order chi connectivity index (χ1) is 16.0. The number of halogens is 2. The number of hydrogen-bond donors (Lipinski definition) is 0. The highest BCUT2D eigenvalue weighted by Crippen LogP contribution is 2.42. The molecular formula is C25H25F2N5O. The standard InChI is InChI=1S/C25H25F2N5O/c1-2-33-30-24(19-6-7-21(26)22(27)10-19)23-8-5-18(11-29-23)13-31-14-25(15-31)16-32(17-25)20-4-3-9-28-12-20/h3-12H,2,13-17H2,1H3. The number of nitrogens with zero attached hydrogens (tertiary/aromatic N) is 5. The molecule has 2 fully saturated rings. The zero-order valence-corrected chi connectivity index (χ0v) is 18.4. The molecule has 2 saturated heterocycles. The van der Waals surface area contributed by atoms with Gasteiger partial charge in [-0.05, 0) is 48.9 Å². The third-order valence-corrected chi connectivity index (χ3v) is 6.13. The molecule has 0 saturated carbocycles. The van der Waals surface area contributed by atoms with Crippen molar-refractivity contribution in [3.63, 3.8) is 0 Å². The SMILES string of the molecule is CCON=C(c1ccc(F)c(F)c1)c1ccc(CN2CC3(C2)CN(c2cccnc2)C3)cn1. The van der Waals surface area contributed by atoms with E-state index in [1.54, 1.807) is 13.1 Å². The predicted molar refractivity (Wildman–Crippen MR) is 122 cm³/mol. The van der Waals surface area contributed by atoms with E-state index < -0.39 is 11.6 Å². The van der Waals surface area contributed by atoms with Crippen LogP contribution in [-0.2, 0) is 11.4 Å². The zero-order valence-electron chi connectivity index (χ0n) is 18.4. The van der Waals surface area contributed by atoms with Gasteiger partial charge in [-0.1, -0.05) is 11.2 Å². The second-order valence-electron chi connectivity index (χ2n) is 8.75. The van der Waals surface area contributed by atoms with Gasteiger partial charge in [-0.25, -0.2) is 8.78 Å². The van der Waals surface area contributed by atoms with Crippen LogP contribution in [0, 0.1) is 17.0 Å². The molecule has 3 aromatic rings. The molecule has 0 amide bonds. The molecule has 0 atom stereocenters. The van der Waals surface area contributed by atoms with Crippen LogP contribution in [0.4, 0.5) is 14.5 Å². The third-order valence-electron chi connectivity index (χ3n) is 6.13. The monoisotopic (exact) mass is 449 g/mol. The lowest BCUT2D eigenvalue weighted by atomic mass is 9.72. The number of benzene rings is 1. The molecule has 0 radical (unpaired) electrons. The Morgan fingerprint density at radius 1 is 1.06 bits per heavy atom. The maximum Gasteiger partial charge on any atom is 0.159 e. The van der Waals surface area contributed by atoms with Crippen LogP contribution < -0.4 is 4.90 Å². The van der Waals surface area contributed by atoms with Gasteiger partial charge >= 0.3 is 0 Å². The quantitative estimate of drug-likeness (QED) is 0.405. The van der Waals surface area contributed by atoms with Crippen molar-refractivity contribution in [2.45, 2.75) is 13.5 Å². The van der Waals surface area contributed by atoms with Crippen molar-refractivity contribution in [2.24, 2.45) is 10.6 Å². The summed E-state index contributed by atoms with van der Waals surface area (Å²) in [6, 6.07) is 11.6. The Bertz CT molecular complexity index is 1140. The minimum atomic E-state index is -0.932. The molecule has 170 valence electrons. The van der Waals surface area contributed by atoms with Crippen molar-refractivity contribution in [3.05, 3.63) is 89.5 Å². The molecular weight excluding hydrogens is 424 g/mol. The summed E-state index contributed by atoms with van der Waals surface area (Å²) in [6.07, 6.45) is 5.53. The highest BCUT2D eigenvalue weighted by atomic mass is 19.2. The van der Waals surface area contributed by atoms with Crippen LogP contribution in [0.5, 0.6) is 0 Å². The van der Waals surface area contributed by atoms with Crippen LogP contribution in [0.25, 0.3) is 0 Å². The van der Waals surface area contributed by atoms with Gasteiger partial charge < -0.3 is 9.74 Å². The fourth-order valence-electron chi connectivity index (χ4n) is 4.64. The lowest BCUT2D eigenvalue weighted by Crippen LogP contribution is -2.71. The Hall–Kier alpha value is -3.39. The summed E-state index contributed by atoms with van der Waals surface area (Å²) < 4.78 is 27.1. The van der Waals surface area contributed by atoms with Crippen molar-refractivity contribution < 1.29 is 13.6 Å². The first-order valence-electron chi connectivity index (χ1n) is 11.0. The van der Waals surface area contributed by atoms with Crippen molar-refractivity contribution in [2.75, 3.05) is 37.7 Å². The van der Waals surface area contributed by atoms with E-state index in [0.717, 1.165) is 50.4 Å². The lowest BCUT2D eigenvalue weighted by Gasteiger charge is -2.61. The molecule has 1 aromatic carbocycles. The van der Waals surface area contributed by atoms with E-state index in [9.17, 15) is 8.78 Å². The Labute approximate surface area is 191 Å². The third kappa shape index (κ3) is 4.43. The molecule has 2 aromatic heterocycles. The average molecular weight is 450 g/mol. The normalized spacial score (nSPS) is 17.5. The molecule has 8 heteroatoms. The van der Waals surface area contributed by atoms with Gasteiger partial charge in [0, 0.05) is 56.1 Å². The number of likely N-dealkylation sites (tertiary alicyclic amines) is 1. The van der Waals surface area contributed by atoms with Crippen molar-refractivity contribution in [1.82, 2.24) is 14.9 Å². The fraction of sp³-hybridized carbons (Fsp3) is 0.320. The number of hydrogen-bond acceptors (Lipinski definition) is 6. The summed E-state index contributed by atoms with van der Waals surface area (Å²) >= 11 is 0. The molecule has 2 aliphatic heterocycles. The summed E-state index contributed by atoms with van der Waals surface area (Å²) in [7, 11) is 0. The van der Waals surface area contributed by atoms with Crippen molar-refractivity contribution in [1.29, 1.82) is 0 Å². The fourth-order valence-corrected chi connectivity index (χ4v) is 4.64. The molecule has 0 unspecified atom stereocenters. The highest BCUT2D eigenvalue weighted by molar-refractivity contribution is 6.11. The Kier molecular flexibility index (Phi) is 5.76. The smallest absolute Gasteiger partial charge is 0.159 e. The molecule has 2 aliphatic rings. The molecule has 0 N–H and O–H groups in total. The van der Waals surface area contributed by atoms with Crippen molar-refractivity contribution >= 4 is 11.4 Å². The first kappa shape index (κ1) is 21.5. The summed E-state index contributed by atoms with van der Waals surface area (Å²) in [5, 5.41) is 4.09. The minimum absolute atomic E-state index is 0.361. The van der Waals surface area contributed by atoms with E-state index in [0.29, 0.717) is 29.0 Å². The number of oxime groups is 1. The van der Waals surface area contributed by atoms with Gasteiger partial charge in [0.2, 0.25) is 0 Å². The second-order valence-corrected chi connectivity index (χ2v) is 8.75. The van der Waals surface area contributed by atoms with Crippen LogP contribution in [0.3, 0.4) is 0 Å². The summed E-state index contributed by atoms with van der Waals surface area (Å²) in [6.45, 7) is 7.26. The van der Waals surface area contributed by atoms with Gasteiger partial charge in [0.25, 0.3) is 0 Å². The van der Waals surface area contributed by atoms with Crippen molar-refractivity contribution in [3.8, 4) is 0 Å². The molecule has 1 spiro atoms. The zero-order chi connectivity index (χ0) is 22.8. The van der Waals surface area contributed by atoms with Crippen LogP contribution >= 0.6 is 0 Å². The molecule has 5 rings (SSSR count). The van der Waals surface area contributed by atoms with Gasteiger partial charge in [-0.15, -0.1) is 0 Å². The van der Waals surface area contributed by atoms with Gasteiger partial charge in [0.05, 0.1) is 17.6 Å². The van der Waals surface area contributed by atoms with E-state index in [-0.39, 0.29) is 0 Å². The maximum absolute atomic E-state index is 13.7. The van der Waals surface area contributed by atoms with E-state index >= 15 is 0 Å². The highest BCUT2D eigenvalue weighted by Gasteiger charge is 2.51. The van der Waals surface area contributed by atoms with Gasteiger partial charge in [0.1, 0.15) is 12.3 Å². The predicted octanol–water partition coefficient (Wildman–Crippen LogP) is 3.87. The van der Waals surface area contributed by atoms with Crippen LogP contribution in [0.2, 0.25) is 0 Å². The molecule has 0 aliphatic carbocycles. The Morgan fingerprint density at radius 3 is 2.58 bits per heavy atom. The van der Waals surface area contributed by atoms with Crippen LogP contribution in [0.1, 0.15) is 23.7 Å². The average Bonchev–Trinajstić information content (AvgIpc) is 2.78. The summed E-state index contributed by atoms with van der Waals surface area (Å²) in [5.41, 5.74) is 3.99.